The Morgan fingerprint density at radius 2 is 1.68 bits per heavy atom. The maximum absolute atomic E-state index is 13.8. The first-order valence-corrected chi connectivity index (χ1v) is 15.8. The second-order valence-corrected chi connectivity index (χ2v) is 13.3. The largest absolute Gasteiger partial charge is 0.379 e. The molecule has 1 saturated heterocycles. The molecule has 11 heteroatoms. The summed E-state index contributed by atoms with van der Waals surface area (Å²) in [5.41, 5.74) is 2.42. The number of ether oxygens (including phenoxy) is 1. The first kappa shape index (κ1) is 29.0. The number of benzene rings is 3. The Morgan fingerprint density at radius 1 is 0.976 bits per heavy atom. The van der Waals surface area contributed by atoms with E-state index >= 15 is 0 Å². The highest BCUT2D eigenvalue weighted by Crippen LogP contribution is 2.30. The smallest absolute Gasteiger partial charge is 0.266 e. The number of morpholine rings is 1. The van der Waals surface area contributed by atoms with Gasteiger partial charge in [-0.3, -0.25) is 14.2 Å². The predicted octanol–water partition coefficient (Wildman–Crippen LogP) is 4.65. The summed E-state index contributed by atoms with van der Waals surface area (Å²) in [6, 6.07) is 21.1. The minimum atomic E-state index is -3.71. The lowest BCUT2D eigenvalue weighted by Gasteiger charge is -2.26. The average Bonchev–Trinajstić information content (AvgIpc) is 2.98. The minimum absolute atomic E-state index is 0.104. The van der Waals surface area contributed by atoms with E-state index in [2.05, 4.69) is 19.2 Å². The number of nitrogens with zero attached hydrogens (tertiary/aromatic N) is 3. The number of carbonyl (C=O) groups is 1. The number of rotatable bonds is 8. The number of amides is 1. The quantitative estimate of drug-likeness (QED) is 0.234. The van der Waals surface area contributed by atoms with Crippen molar-refractivity contribution in [2.75, 3.05) is 31.6 Å². The first-order valence-electron chi connectivity index (χ1n) is 13.4. The second-order valence-electron chi connectivity index (χ2n) is 10.1. The van der Waals surface area contributed by atoms with Gasteiger partial charge in [0.05, 0.1) is 39.9 Å². The molecule has 41 heavy (non-hydrogen) atoms. The van der Waals surface area contributed by atoms with Crippen LogP contribution in [-0.4, -0.2) is 59.7 Å². The summed E-state index contributed by atoms with van der Waals surface area (Å²) < 4.78 is 34.4. The molecule has 0 spiro atoms. The van der Waals surface area contributed by atoms with Crippen LogP contribution in [0.25, 0.3) is 16.6 Å². The lowest BCUT2D eigenvalue weighted by atomic mass is 10.0. The number of hydrogen-bond donors (Lipinski definition) is 1. The lowest BCUT2D eigenvalue weighted by Crippen LogP contribution is -2.40. The standard InChI is InChI=1S/C30H32N4O5S2/c1-20(2)24-11-5-7-14-27(24)34-29(36)25-12-4-6-13-26(25)32-30(34)40-21(3)28(35)31-22-9-8-10-23(19-22)41(37,38)33-15-17-39-18-16-33/h4-14,19-21H,15-18H2,1-3H3,(H,31,35)/t21-/m1/s1. The highest BCUT2D eigenvalue weighted by atomic mass is 32.2. The molecule has 0 radical (unpaired) electrons. The molecule has 3 aromatic carbocycles. The van der Waals surface area contributed by atoms with Crippen molar-refractivity contribution in [3.63, 3.8) is 0 Å². The van der Waals surface area contributed by atoms with Gasteiger partial charge >= 0.3 is 0 Å². The van der Waals surface area contributed by atoms with Gasteiger partial charge in [-0.2, -0.15) is 4.31 Å². The summed E-state index contributed by atoms with van der Waals surface area (Å²) in [6.45, 7) is 7.12. The van der Waals surface area contributed by atoms with E-state index in [9.17, 15) is 18.0 Å². The van der Waals surface area contributed by atoms with Gasteiger partial charge in [-0.25, -0.2) is 13.4 Å². The van der Waals surface area contributed by atoms with E-state index in [1.807, 2.05) is 30.3 Å². The molecule has 4 aromatic rings. The molecular formula is C30H32N4O5S2. The van der Waals surface area contributed by atoms with Crippen LogP contribution in [0.5, 0.6) is 0 Å². The van der Waals surface area contributed by atoms with Crippen LogP contribution in [0.3, 0.4) is 0 Å². The molecule has 0 unspecified atom stereocenters. The van der Waals surface area contributed by atoms with Crippen molar-refractivity contribution in [2.24, 2.45) is 0 Å². The predicted molar refractivity (Wildman–Crippen MR) is 161 cm³/mol. The average molecular weight is 593 g/mol. The van der Waals surface area contributed by atoms with E-state index in [4.69, 9.17) is 9.72 Å². The third-order valence-electron chi connectivity index (χ3n) is 6.91. The summed E-state index contributed by atoms with van der Waals surface area (Å²) in [7, 11) is -3.71. The summed E-state index contributed by atoms with van der Waals surface area (Å²) in [6.07, 6.45) is 0. The van der Waals surface area contributed by atoms with Crippen LogP contribution in [0, 0.1) is 0 Å². The van der Waals surface area contributed by atoms with Crippen molar-refractivity contribution in [2.45, 2.75) is 42.0 Å². The summed E-state index contributed by atoms with van der Waals surface area (Å²) in [5.74, 6) is -0.189. The summed E-state index contributed by atoms with van der Waals surface area (Å²) in [4.78, 5) is 32.0. The zero-order valence-corrected chi connectivity index (χ0v) is 24.7. The van der Waals surface area contributed by atoms with Gasteiger partial charge in [0.1, 0.15) is 0 Å². The monoisotopic (exact) mass is 592 g/mol. The number of para-hydroxylation sites is 2. The summed E-state index contributed by atoms with van der Waals surface area (Å²) in [5, 5.41) is 3.07. The van der Waals surface area contributed by atoms with Gasteiger partial charge in [0.25, 0.3) is 5.56 Å². The number of carbonyl (C=O) groups excluding carboxylic acids is 1. The molecule has 1 aromatic heterocycles. The number of fused-ring (bicyclic) bond motifs is 1. The highest BCUT2D eigenvalue weighted by molar-refractivity contribution is 8.00. The van der Waals surface area contributed by atoms with Crippen LogP contribution in [0.15, 0.2) is 87.6 Å². The minimum Gasteiger partial charge on any atom is -0.379 e. The number of sulfonamides is 1. The maximum Gasteiger partial charge on any atom is 0.266 e. The zero-order valence-electron chi connectivity index (χ0n) is 23.1. The molecule has 5 rings (SSSR count). The van der Waals surface area contributed by atoms with Gasteiger partial charge < -0.3 is 10.1 Å². The SMILES string of the molecule is CC(C)c1ccccc1-n1c(S[C@H](C)C(=O)Nc2cccc(S(=O)(=O)N3CCOCC3)c2)nc2ccccc2c1=O. The molecule has 1 aliphatic heterocycles. The van der Waals surface area contributed by atoms with Crippen molar-refractivity contribution in [3.8, 4) is 5.69 Å². The highest BCUT2D eigenvalue weighted by Gasteiger charge is 2.27. The van der Waals surface area contributed by atoms with Gasteiger partial charge in [0.15, 0.2) is 5.16 Å². The van der Waals surface area contributed by atoms with Crippen LogP contribution in [0.4, 0.5) is 5.69 Å². The van der Waals surface area contributed by atoms with Gasteiger partial charge in [0.2, 0.25) is 15.9 Å². The van der Waals surface area contributed by atoms with E-state index in [0.717, 1.165) is 11.3 Å². The van der Waals surface area contributed by atoms with Gasteiger partial charge in [-0.1, -0.05) is 62.0 Å². The zero-order chi connectivity index (χ0) is 29.1. The number of nitrogens with one attached hydrogen (secondary N) is 1. The molecule has 0 bridgehead atoms. The van der Waals surface area contributed by atoms with Crippen LogP contribution in [-0.2, 0) is 19.6 Å². The third-order valence-corrected chi connectivity index (χ3v) is 9.85. The Morgan fingerprint density at radius 3 is 2.44 bits per heavy atom. The molecule has 1 aliphatic rings. The molecule has 1 atom stereocenters. The molecule has 1 fully saturated rings. The van der Waals surface area contributed by atoms with Crippen molar-refractivity contribution in [1.29, 1.82) is 0 Å². The Bertz CT molecular complexity index is 1750. The molecule has 1 amide bonds. The fourth-order valence-electron chi connectivity index (χ4n) is 4.71. The molecule has 1 N–H and O–H groups in total. The summed E-state index contributed by atoms with van der Waals surface area (Å²) >= 11 is 1.17. The molecule has 9 nitrogen and oxygen atoms in total. The van der Waals surface area contributed by atoms with Crippen molar-refractivity contribution >= 4 is 44.3 Å². The topological polar surface area (TPSA) is 111 Å². The number of aromatic nitrogens is 2. The molecule has 2 heterocycles. The van der Waals surface area contributed by atoms with E-state index in [1.54, 1.807) is 41.8 Å². The van der Waals surface area contributed by atoms with E-state index in [-0.39, 0.29) is 35.4 Å². The van der Waals surface area contributed by atoms with Crippen molar-refractivity contribution in [3.05, 3.63) is 88.7 Å². The molecule has 0 aliphatic carbocycles. The van der Waals surface area contributed by atoms with Crippen LogP contribution < -0.4 is 10.9 Å². The molecule has 0 saturated carbocycles. The van der Waals surface area contributed by atoms with Crippen LogP contribution in [0.1, 0.15) is 32.3 Å². The Labute approximate surface area is 243 Å². The first-order chi connectivity index (χ1) is 19.7. The Balaban J connectivity index is 1.44. The van der Waals surface area contributed by atoms with Crippen LogP contribution in [0.2, 0.25) is 0 Å². The second kappa shape index (κ2) is 12.2. The lowest BCUT2D eigenvalue weighted by molar-refractivity contribution is -0.115. The Kier molecular flexibility index (Phi) is 8.60. The van der Waals surface area contributed by atoms with E-state index in [1.165, 1.54) is 28.2 Å². The maximum atomic E-state index is 13.8. The Hall–Kier alpha value is -3.51. The number of hydrogen-bond acceptors (Lipinski definition) is 7. The van der Waals surface area contributed by atoms with Crippen LogP contribution >= 0.6 is 11.8 Å². The van der Waals surface area contributed by atoms with Gasteiger partial charge in [0, 0.05) is 18.8 Å². The number of thioether (sulfide) groups is 1. The molecule has 214 valence electrons. The fourth-order valence-corrected chi connectivity index (χ4v) is 7.08. The third kappa shape index (κ3) is 6.08. The van der Waals surface area contributed by atoms with Gasteiger partial charge in [-0.05, 0) is 54.8 Å². The fraction of sp³-hybridized carbons (Fsp3) is 0.300. The normalized spacial score (nSPS) is 15.2. The van der Waals surface area contributed by atoms with Crippen molar-refractivity contribution < 1.29 is 17.9 Å². The van der Waals surface area contributed by atoms with E-state index in [0.29, 0.717) is 35.0 Å². The molecular weight excluding hydrogens is 560 g/mol. The van der Waals surface area contributed by atoms with Crippen molar-refractivity contribution in [1.82, 2.24) is 13.9 Å². The number of anilines is 1. The van der Waals surface area contributed by atoms with E-state index < -0.39 is 15.3 Å². The van der Waals surface area contributed by atoms with Gasteiger partial charge in [-0.15, -0.1) is 0 Å².